The number of nitrogens with zero attached hydrogens (tertiary/aromatic N) is 1. The molecule has 0 saturated heterocycles. The molecular formula is C15H26N2O4S2. The fraction of sp³-hybridized carbons (Fsp3) is 0.600. The summed E-state index contributed by atoms with van der Waals surface area (Å²) in [6.45, 7) is 7.40. The molecule has 1 aromatic carbocycles. The first-order valence-electron chi connectivity index (χ1n) is 7.52. The predicted octanol–water partition coefficient (Wildman–Crippen LogP) is 1.64. The average molecular weight is 363 g/mol. The highest BCUT2D eigenvalue weighted by atomic mass is 32.2. The van der Waals surface area contributed by atoms with Gasteiger partial charge in [0.2, 0.25) is 20.0 Å². The molecule has 0 aliphatic heterocycles. The lowest BCUT2D eigenvalue weighted by Crippen LogP contribution is -2.42. The summed E-state index contributed by atoms with van der Waals surface area (Å²) in [5.74, 6) is 0. The summed E-state index contributed by atoms with van der Waals surface area (Å²) in [5, 5.41) is 0. The van der Waals surface area contributed by atoms with Crippen molar-refractivity contribution in [3.05, 3.63) is 29.3 Å². The van der Waals surface area contributed by atoms with Gasteiger partial charge in [-0.15, -0.1) is 0 Å². The molecule has 8 heteroatoms. The Hall–Kier alpha value is -0.960. The van der Waals surface area contributed by atoms with Crippen LogP contribution in [0.3, 0.4) is 0 Å². The highest BCUT2D eigenvalue weighted by Gasteiger charge is 2.23. The van der Waals surface area contributed by atoms with Crippen LogP contribution >= 0.6 is 0 Å². The molecule has 1 unspecified atom stereocenters. The first-order chi connectivity index (χ1) is 10.5. The zero-order valence-electron chi connectivity index (χ0n) is 14.3. The monoisotopic (exact) mass is 362 g/mol. The van der Waals surface area contributed by atoms with Crippen LogP contribution in [0.2, 0.25) is 0 Å². The van der Waals surface area contributed by atoms with E-state index in [0.717, 1.165) is 11.8 Å². The van der Waals surface area contributed by atoms with Gasteiger partial charge in [-0.05, 0) is 44.4 Å². The van der Waals surface area contributed by atoms with E-state index in [9.17, 15) is 16.8 Å². The molecule has 0 amide bonds. The summed E-state index contributed by atoms with van der Waals surface area (Å²) in [6.07, 6.45) is 1.80. The number of benzene rings is 1. The van der Waals surface area contributed by atoms with Gasteiger partial charge in [-0.2, -0.15) is 4.31 Å². The SMILES string of the molecule is CCC(C)N(CCNS(=O)(=O)c1cc(C)ccc1C)S(C)(=O)=O. The van der Waals surface area contributed by atoms with Crippen molar-refractivity contribution >= 4 is 20.0 Å². The number of hydrogen-bond acceptors (Lipinski definition) is 4. The number of sulfonamides is 2. The summed E-state index contributed by atoms with van der Waals surface area (Å²) in [7, 11) is -7.03. The van der Waals surface area contributed by atoms with Crippen molar-refractivity contribution in [1.29, 1.82) is 0 Å². The van der Waals surface area contributed by atoms with Crippen molar-refractivity contribution in [2.24, 2.45) is 0 Å². The lowest BCUT2D eigenvalue weighted by atomic mass is 10.2. The van der Waals surface area contributed by atoms with Crippen LogP contribution in [-0.4, -0.2) is 46.5 Å². The van der Waals surface area contributed by atoms with Crippen LogP contribution < -0.4 is 4.72 Å². The first-order valence-corrected chi connectivity index (χ1v) is 10.9. The van der Waals surface area contributed by atoms with Gasteiger partial charge in [-0.1, -0.05) is 19.1 Å². The molecule has 0 fully saturated rings. The normalized spacial score (nSPS) is 14.2. The van der Waals surface area contributed by atoms with E-state index in [1.54, 1.807) is 26.0 Å². The molecule has 0 spiro atoms. The molecule has 0 aromatic heterocycles. The van der Waals surface area contributed by atoms with Crippen molar-refractivity contribution in [3.63, 3.8) is 0 Å². The highest BCUT2D eigenvalue weighted by molar-refractivity contribution is 7.89. The first kappa shape index (κ1) is 20.1. The van der Waals surface area contributed by atoms with Crippen LogP contribution in [0, 0.1) is 13.8 Å². The number of aryl methyl sites for hydroxylation is 2. The standard InChI is InChI=1S/C15H26N2O4S2/c1-6-14(4)17(22(5,18)19)10-9-16-23(20,21)15-11-12(2)7-8-13(15)3/h7-8,11,14,16H,6,9-10H2,1-5H3. The Morgan fingerprint density at radius 1 is 1.17 bits per heavy atom. The molecule has 0 radical (unpaired) electrons. The third-order valence-corrected chi connectivity index (χ3v) is 6.76. The van der Waals surface area contributed by atoms with Gasteiger partial charge in [0.25, 0.3) is 0 Å². The van der Waals surface area contributed by atoms with Gasteiger partial charge < -0.3 is 0 Å². The van der Waals surface area contributed by atoms with Gasteiger partial charge >= 0.3 is 0 Å². The Morgan fingerprint density at radius 3 is 2.30 bits per heavy atom. The smallest absolute Gasteiger partial charge is 0.212 e. The number of nitrogens with one attached hydrogen (secondary N) is 1. The molecule has 0 aliphatic carbocycles. The van der Waals surface area contributed by atoms with Crippen molar-refractivity contribution < 1.29 is 16.8 Å². The molecule has 1 N–H and O–H groups in total. The van der Waals surface area contributed by atoms with Crippen molar-refractivity contribution in [1.82, 2.24) is 9.03 Å². The second-order valence-corrected chi connectivity index (χ2v) is 9.47. The minimum atomic E-state index is -3.66. The second-order valence-electron chi connectivity index (χ2n) is 5.80. The van der Waals surface area contributed by atoms with Crippen molar-refractivity contribution in [2.45, 2.75) is 45.1 Å². The summed E-state index contributed by atoms with van der Waals surface area (Å²) >= 11 is 0. The minimum Gasteiger partial charge on any atom is -0.212 e. The molecule has 1 atom stereocenters. The highest BCUT2D eigenvalue weighted by Crippen LogP contribution is 2.16. The molecule has 1 rings (SSSR count). The number of hydrogen-bond donors (Lipinski definition) is 1. The second kappa shape index (κ2) is 7.74. The maximum absolute atomic E-state index is 12.4. The zero-order chi connectivity index (χ0) is 17.8. The maximum atomic E-state index is 12.4. The Labute approximate surface area is 140 Å². The van der Waals surface area contributed by atoms with Gasteiger partial charge in [0.15, 0.2) is 0 Å². The molecular weight excluding hydrogens is 336 g/mol. The molecule has 1 aromatic rings. The van der Waals surface area contributed by atoms with Crippen molar-refractivity contribution in [2.75, 3.05) is 19.3 Å². The van der Waals surface area contributed by atoms with Crippen LogP contribution in [0.5, 0.6) is 0 Å². The van der Waals surface area contributed by atoms with E-state index < -0.39 is 20.0 Å². The third kappa shape index (κ3) is 5.56. The molecule has 23 heavy (non-hydrogen) atoms. The van der Waals surface area contributed by atoms with E-state index in [-0.39, 0.29) is 24.0 Å². The molecule has 0 bridgehead atoms. The van der Waals surface area contributed by atoms with Gasteiger partial charge in [0.05, 0.1) is 11.2 Å². The predicted molar refractivity (Wildman–Crippen MR) is 92.4 cm³/mol. The van der Waals surface area contributed by atoms with Gasteiger partial charge in [-0.3, -0.25) is 0 Å². The van der Waals surface area contributed by atoms with E-state index in [1.807, 2.05) is 19.9 Å². The lowest BCUT2D eigenvalue weighted by molar-refractivity contribution is 0.335. The Kier molecular flexibility index (Phi) is 6.76. The third-order valence-electron chi connectivity index (χ3n) is 3.77. The Balaban J connectivity index is 2.86. The zero-order valence-corrected chi connectivity index (χ0v) is 16.0. The summed E-state index contributed by atoms with van der Waals surface area (Å²) in [6, 6.07) is 5.05. The van der Waals surface area contributed by atoms with E-state index in [2.05, 4.69) is 4.72 Å². The molecule has 6 nitrogen and oxygen atoms in total. The van der Waals surface area contributed by atoms with Crippen LogP contribution in [0.4, 0.5) is 0 Å². The van der Waals surface area contributed by atoms with Crippen LogP contribution in [0.25, 0.3) is 0 Å². The van der Waals surface area contributed by atoms with Gasteiger partial charge in [0.1, 0.15) is 0 Å². The summed E-state index contributed by atoms with van der Waals surface area (Å²) in [5.41, 5.74) is 1.51. The quantitative estimate of drug-likeness (QED) is 0.762. The molecule has 0 heterocycles. The Morgan fingerprint density at radius 2 is 1.78 bits per heavy atom. The summed E-state index contributed by atoms with van der Waals surface area (Å²) in [4.78, 5) is 0.229. The van der Waals surface area contributed by atoms with E-state index >= 15 is 0 Å². The lowest BCUT2D eigenvalue weighted by Gasteiger charge is -2.26. The van der Waals surface area contributed by atoms with Gasteiger partial charge in [0, 0.05) is 19.1 Å². The minimum absolute atomic E-state index is 0.0348. The maximum Gasteiger partial charge on any atom is 0.240 e. The van der Waals surface area contributed by atoms with Crippen molar-refractivity contribution in [3.8, 4) is 0 Å². The van der Waals surface area contributed by atoms with Crippen LogP contribution in [0.15, 0.2) is 23.1 Å². The Bertz CT molecular complexity index is 743. The van der Waals surface area contributed by atoms with Crippen LogP contribution in [-0.2, 0) is 20.0 Å². The summed E-state index contributed by atoms with van der Waals surface area (Å²) < 4.78 is 52.2. The van der Waals surface area contributed by atoms with E-state index in [4.69, 9.17) is 0 Å². The average Bonchev–Trinajstić information content (AvgIpc) is 2.44. The van der Waals surface area contributed by atoms with Gasteiger partial charge in [-0.25, -0.2) is 21.6 Å². The number of rotatable bonds is 8. The van der Waals surface area contributed by atoms with E-state index in [0.29, 0.717) is 12.0 Å². The van der Waals surface area contributed by atoms with Crippen LogP contribution in [0.1, 0.15) is 31.4 Å². The fourth-order valence-electron chi connectivity index (χ4n) is 2.28. The molecule has 132 valence electrons. The molecule has 0 aliphatic rings. The topological polar surface area (TPSA) is 83.6 Å². The van der Waals surface area contributed by atoms with E-state index in [1.165, 1.54) is 4.31 Å². The molecule has 0 saturated carbocycles. The largest absolute Gasteiger partial charge is 0.240 e. The fourth-order valence-corrected chi connectivity index (χ4v) is 4.86.